The van der Waals surface area contributed by atoms with Gasteiger partial charge in [-0.1, -0.05) is 72.8 Å². The molecule has 1 heterocycles. The van der Waals surface area contributed by atoms with Crippen LogP contribution in [-0.2, 0) is 17.9 Å². The molecule has 3 aromatic rings. The number of aliphatic hydroxyl groups is 1. The Morgan fingerprint density at radius 1 is 0.906 bits per heavy atom. The van der Waals surface area contributed by atoms with Crippen LogP contribution in [0.1, 0.15) is 34.8 Å². The fourth-order valence-corrected chi connectivity index (χ4v) is 4.99. The molecule has 1 amide bonds. The van der Waals surface area contributed by atoms with Crippen molar-refractivity contribution in [3.63, 3.8) is 0 Å². The number of hydrogen-bond donors (Lipinski definition) is 2. The second-order valence-electron chi connectivity index (χ2n) is 8.26. The van der Waals surface area contributed by atoms with Gasteiger partial charge in [-0.3, -0.25) is 9.69 Å². The van der Waals surface area contributed by atoms with Crippen molar-refractivity contribution in [1.82, 2.24) is 10.2 Å². The monoisotopic (exact) mass is 446 g/mol. The minimum atomic E-state index is -0.299. The molecule has 0 bridgehead atoms. The average molecular weight is 447 g/mol. The van der Waals surface area contributed by atoms with Gasteiger partial charge in [0.1, 0.15) is 5.25 Å². The number of benzene rings is 3. The van der Waals surface area contributed by atoms with Crippen molar-refractivity contribution in [2.24, 2.45) is 0 Å². The van der Waals surface area contributed by atoms with E-state index in [-0.39, 0.29) is 17.3 Å². The van der Waals surface area contributed by atoms with Crippen molar-refractivity contribution < 1.29 is 9.90 Å². The Morgan fingerprint density at radius 2 is 1.50 bits per heavy atom. The summed E-state index contributed by atoms with van der Waals surface area (Å²) in [5.74, 6) is 0.0148. The second-order valence-corrected chi connectivity index (χ2v) is 9.44. The number of hydrogen-bond acceptors (Lipinski definition) is 4. The molecule has 1 saturated heterocycles. The molecule has 1 unspecified atom stereocenters. The SMILES string of the molecule is O=C(NCc1ccc(CN2CCC(O)CC2)cc1)C(Sc1ccccc1)c1ccccc1. The molecule has 1 atom stereocenters. The summed E-state index contributed by atoms with van der Waals surface area (Å²) in [6, 6.07) is 28.5. The van der Waals surface area contributed by atoms with Gasteiger partial charge in [0.05, 0.1) is 6.10 Å². The summed E-state index contributed by atoms with van der Waals surface area (Å²) >= 11 is 1.57. The van der Waals surface area contributed by atoms with Crippen LogP contribution in [0.25, 0.3) is 0 Å². The van der Waals surface area contributed by atoms with Gasteiger partial charge >= 0.3 is 0 Å². The standard InChI is InChI=1S/C27H30N2O2S/c30-24-15-17-29(18-16-24)20-22-13-11-21(12-14-22)19-28-27(31)26(23-7-3-1-4-8-23)32-25-9-5-2-6-10-25/h1-14,24,26,30H,15-20H2,(H,28,31). The third-order valence-electron chi connectivity index (χ3n) is 5.79. The van der Waals surface area contributed by atoms with E-state index in [0.717, 1.165) is 48.5 Å². The molecule has 5 heteroatoms. The molecule has 3 aromatic carbocycles. The topological polar surface area (TPSA) is 52.6 Å². The third kappa shape index (κ3) is 6.45. The van der Waals surface area contributed by atoms with Gasteiger partial charge in [0.2, 0.25) is 5.91 Å². The van der Waals surface area contributed by atoms with Gasteiger partial charge in [0, 0.05) is 31.1 Å². The zero-order valence-electron chi connectivity index (χ0n) is 18.2. The van der Waals surface area contributed by atoms with Crippen molar-refractivity contribution in [1.29, 1.82) is 0 Å². The third-order valence-corrected chi connectivity index (χ3v) is 7.06. The van der Waals surface area contributed by atoms with E-state index in [1.807, 2.05) is 60.7 Å². The van der Waals surface area contributed by atoms with Gasteiger partial charge in [0.25, 0.3) is 0 Å². The Labute approximate surface area is 194 Å². The molecular formula is C27H30N2O2S. The van der Waals surface area contributed by atoms with Crippen molar-refractivity contribution in [2.45, 2.75) is 42.2 Å². The van der Waals surface area contributed by atoms with E-state index in [1.165, 1.54) is 5.56 Å². The summed E-state index contributed by atoms with van der Waals surface area (Å²) in [6.07, 6.45) is 1.57. The fraction of sp³-hybridized carbons (Fsp3) is 0.296. The summed E-state index contributed by atoms with van der Waals surface area (Å²) in [5, 5.41) is 12.5. The summed E-state index contributed by atoms with van der Waals surface area (Å²) in [7, 11) is 0. The molecular weight excluding hydrogens is 416 g/mol. The molecule has 0 spiro atoms. The van der Waals surface area contributed by atoms with E-state index in [2.05, 4.69) is 34.5 Å². The van der Waals surface area contributed by atoms with Crippen LogP contribution < -0.4 is 5.32 Å². The first-order valence-corrected chi connectivity index (χ1v) is 12.1. The maximum Gasteiger partial charge on any atom is 0.238 e. The van der Waals surface area contributed by atoms with Gasteiger partial charge in [0.15, 0.2) is 0 Å². The van der Waals surface area contributed by atoms with E-state index >= 15 is 0 Å². The summed E-state index contributed by atoms with van der Waals surface area (Å²) in [4.78, 5) is 16.6. The number of carbonyl (C=O) groups excluding carboxylic acids is 1. The van der Waals surface area contributed by atoms with Crippen molar-refractivity contribution in [3.8, 4) is 0 Å². The molecule has 0 aliphatic carbocycles. The molecule has 32 heavy (non-hydrogen) atoms. The van der Waals surface area contributed by atoms with Gasteiger partial charge in [-0.05, 0) is 41.7 Å². The lowest BCUT2D eigenvalue weighted by Gasteiger charge is -2.29. The van der Waals surface area contributed by atoms with Crippen LogP contribution >= 0.6 is 11.8 Å². The van der Waals surface area contributed by atoms with Crippen LogP contribution in [0, 0.1) is 0 Å². The number of nitrogens with zero attached hydrogens (tertiary/aromatic N) is 1. The van der Waals surface area contributed by atoms with Gasteiger partial charge in [-0.2, -0.15) is 0 Å². The maximum atomic E-state index is 13.1. The zero-order chi connectivity index (χ0) is 22.2. The van der Waals surface area contributed by atoms with E-state index in [9.17, 15) is 9.90 Å². The van der Waals surface area contributed by atoms with Crippen LogP contribution in [0.4, 0.5) is 0 Å². The first kappa shape index (κ1) is 22.6. The van der Waals surface area contributed by atoms with Crippen LogP contribution in [0.15, 0.2) is 89.8 Å². The largest absolute Gasteiger partial charge is 0.393 e. The molecule has 0 radical (unpaired) electrons. The first-order chi connectivity index (χ1) is 15.7. The number of nitrogens with one attached hydrogen (secondary N) is 1. The summed E-state index contributed by atoms with van der Waals surface area (Å²) in [6.45, 7) is 3.30. The molecule has 4 rings (SSSR count). The molecule has 4 nitrogen and oxygen atoms in total. The number of aliphatic hydroxyl groups excluding tert-OH is 1. The lowest BCUT2D eigenvalue weighted by Crippen LogP contribution is -2.35. The minimum Gasteiger partial charge on any atom is -0.393 e. The highest BCUT2D eigenvalue weighted by Gasteiger charge is 2.22. The van der Waals surface area contributed by atoms with Crippen molar-refractivity contribution in [2.75, 3.05) is 13.1 Å². The number of amides is 1. The number of carbonyl (C=O) groups is 1. The molecule has 2 N–H and O–H groups in total. The Balaban J connectivity index is 1.35. The number of rotatable bonds is 8. The second kappa shape index (κ2) is 11.3. The van der Waals surface area contributed by atoms with Crippen LogP contribution in [0.5, 0.6) is 0 Å². The molecule has 1 aliphatic heterocycles. The molecule has 166 valence electrons. The molecule has 0 aromatic heterocycles. The predicted octanol–water partition coefficient (Wildman–Crippen LogP) is 4.79. The smallest absolute Gasteiger partial charge is 0.238 e. The normalized spacial score (nSPS) is 15.9. The fourth-order valence-electron chi connectivity index (χ4n) is 3.92. The number of likely N-dealkylation sites (tertiary alicyclic amines) is 1. The van der Waals surface area contributed by atoms with Crippen molar-refractivity contribution in [3.05, 3.63) is 102 Å². The van der Waals surface area contributed by atoms with Crippen LogP contribution in [0.3, 0.4) is 0 Å². The zero-order valence-corrected chi connectivity index (χ0v) is 19.0. The lowest BCUT2D eigenvalue weighted by atomic mass is 10.1. The van der Waals surface area contributed by atoms with Gasteiger partial charge < -0.3 is 10.4 Å². The Bertz CT molecular complexity index is 972. The van der Waals surface area contributed by atoms with E-state index in [1.54, 1.807) is 11.8 Å². The van der Waals surface area contributed by atoms with E-state index in [0.29, 0.717) is 6.54 Å². The predicted molar refractivity (Wildman–Crippen MR) is 130 cm³/mol. The quantitative estimate of drug-likeness (QED) is 0.489. The van der Waals surface area contributed by atoms with Gasteiger partial charge in [-0.15, -0.1) is 11.8 Å². The molecule has 0 saturated carbocycles. The van der Waals surface area contributed by atoms with Crippen molar-refractivity contribution >= 4 is 17.7 Å². The minimum absolute atomic E-state index is 0.0148. The Hall–Kier alpha value is -2.60. The van der Waals surface area contributed by atoms with Gasteiger partial charge in [-0.25, -0.2) is 0 Å². The van der Waals surface area contributed by atoms with E-state index < -0.39 is 0 Å². The first-order valence-electron chi connectivity index (χ1n) is 11.2. The highest BCUT2D eigenvalue weighted by Crippen LogP contribution is 2.35. The molecule has 1 aliphatic rings. The Kier molecular flexibility index (Phi) is 7.99. The molecule has 1 fully saturated rings. The Morgan fingerprint density at radius 3 is 2.16 bits per heavy atom. The van der Waals surface area contributed by atoms with E-state index in [4.69, 9.17) is 0 Å². The lowest BCUT2D eigenvalue weighted by molar-refractivity contribution is -0.120. The summed E-state index contributed by atoms with van der Waals surface area (Å²) in [5.41, 5.74) is 3.35. The highest BCUT2D eigenvalue weighted by molar-refractivity contribution is 8.00. The maximum absolute atomic E-state index is 13.1. The number of thioether (sulfide) groups is 1. The van der Waals surface area contributed by atoms with Crippen LogP contribution in [0.2, 0.25) is 0 Å². The average Bonchev–Trinajstić information content (AvgIpc) is 2.84. The summed E-state index contributed by atoms with van der Waals surface area (Å²) < 4.78 is 0. The van der Waals surface area contributed by atoms with Crippen LogP contribution in [-0.4, -0.2) is 35.1 Å². The highest BCUT2D eigenvalue weighted by atomic mass is 32.2. The number of piperidine rings is 1.